The summed E-state index contributed by atoms with van der Waals surface area (Å²) in [4.78, 5) is 18.0. The molecule has 0 unspecified atom stereocenters. The van der Waals surface area contributed by atoms with E-state index in [4.69, 9.17) is 21.1 Å². The molecule has 0 saturated heterocycles. The molecule has 3 aromatic carbocycles. The molecule has 0 atom stereocenters. The van der Waals surface area contributed by atoms with Gasteiger partial charge in [-0.2, -0.15) is 0 Å². The Labute approximate surface area is 183 Å². The minimum atomic E-state index is -0.526. The number of hydrogen-bond acceptors (Lipinski definition) is 4. The SMILES string of the molecule is COc1ccc(CCn2c(-c3ccc(OC)c(F)c3)nc3cc(Cl)ccc3c2=O)cc1. The second kappa shape index (κ2) is 8.78. The number of benzene rings is 3. The van der Waals surface area contributed by atoms with Crippen molar-refractivity contribution in [2.24, 2.45) is 0 Å². The quantitative estimate of drug-likeness (QED) is 0.419. The summed E-state index contributed by atoms with van der Waals surface area (Å²) in [5, 5.41) is 0.930. The van der Waals surface area contributed by atoms with Crippen molar-refractivity contribution in [1.29, 1.82) is 0 Å². The number of rotatable bonds is 6. The fourth-order valence-corrected chi connectivity index (χ4v) is 3.63. The van der Waals surface area contributed by atoms with E-state index in [1.54, 1.807) is 35.9 Å². The summed E-state index contributed by atoms with van der Waals surface area (Å²) in [5.74, 6) is 0.733. The molecule has 0 N–H and O–H groups in total. The molecule has 0 fully saturated rings. The molecule has 0 amide bonds. The lowest BCUT2D eigenvalue weighted by atomic mass is 10.1. The molecule has 5 nitrogen and oxygen atoms in total. The Kier molecular flexibility index (Phi) is 5.91. The molecule has 0 spiro atoms. The molecular weight excluding hydrogens is 419 g/mol. The standard InChI is InChI=1S/C24H20ClFN2O3/c1-30-18-7-3-15(4-8-18)11-12-28-23(16-5-10-22(31-2)20(26)13-16)27-21-14-17(25)6-9-19(21)24(28)29/h3-10,13-14H,11-12H2,1-2H3. The number of methoxy groups -OCH3 is 2. The Morgan fingerprint density at radius 2 is 1.77 bits per heavy atom. The van der Waals surface area contributed by atoms with Crippen LogP contribution in [0.1, 0.15) is 5.56 Å². The maximum absolute atomic E-state index is 14.4. The van der Waals surface area contributed by atoms with Crippen molar-refractivity contribution < 1.29 is 13.9 Å². The van der Waals surface area contributed by atoms with Crippen LogP contribution in [0.2, 0.25) is 5.02 Å². The number of halogens is 2. The highest BCUT2D eigenvalue weighted by Crippen LogP contribution is 2.26. The van der Waals surface area contributed by atoms with E-state index in [2.05, 4.69) is 4.98 Å². The van der Waals surface area contributed by atoms with Crippen LogP contribution in [0, 0.1) is 5.82 Å². The van der Waals surface area contributed by atoms with Crippen molar-refractivity contribution in [2.75, 3.05) is 14.2 Å². The first-order valence-corrected chi connectivity index (χ1v) is 10.0. The molecule has 1 heterocycles. The number of aromatic nitrogens is 2. The minimum Gasteiger partial charge on any atom is -0.497 e. The summed E-state index contributed by atoms with van der Waals surface area (Å²) in [5.41, 5.74) is 1.77. The van der Waals surface area contributed by atoms with Gasteiger partial charge in [0.25, 0.3) is 5.56 Å². The first-order valence-electron chi connectivity index (χ1n) is 9.67. The number of aryl methyl sites for hydroxylation is 1. The highest BCUT2D eigenvalue weighted by atomic mass is 35.5. The number of nitrogens with zero attached hydrogens (tertiary/aromatic N) is 2. The molecule has 4 aromatic rings. The van der Waals surface area contributed by atoms with E-state index >= 15 is 0 Å². The maximum Gasteiger partial charge on any atom is 0.261 e. The third-order valence-electron chi connectivity index (χ3n) is 5.11. The third-order valence-corrected chi connectivity index (χ3v) is 5.35. The van der Waals surface area contributed by atoms with Crippen LogP contribution in [-0.4, -0.2) is 23.8 Å². The predicted octanol–water partition coefficient (Wildman–Crippen LogP) is 5.12. The highest BCUT2D eigenvalue weighted by Gasteiger charge is 2.15. The first-order chi connectivity index (χ1) is 15.0. The largest absolute Gasteiger partial charge is 0.497 e. The molecule has 0 saturated carbocycles. The average molecular weight is 439 g/mol. The van der Waals surface area contributed by atoms with E-state index in [-0.39, 0.29) is 11.3 Å². The Morgan fingerprint density at radius 3 is 2.45 bits per heavy atom. The van der Waals surface area contributed by atoms with Gasteiger partial charge in [-0.05, 0) is 60.5 Å². The van der Waals surface area contributed by atoms with Crippen molar-refractivity contribution in [1.82, 2.24) is 9.55 Å². The lowest BCUT2D eigenvalue weighted by molar-refractivity contribution is 0.386. The Balaban J connectivity index is 1.82. The Bertz CT molecular complexity index is 1300. The van der Waals surface area contributed by atoms with Crippen molar-refractivity contribution in [3.63, 3.8) is 0 Å². The Morgan fingerprint density at radius 1 is 1.00 bits per heavy atom. The second-order valence-corrected chi connectivity index (χ2v) is 7.44. The lowest BCUT2D eigenvalue weighted by Gasteiger charge is -2.15. The maximum atomic E-state index is 14.4. The van der Waals surface area contributed by atoms with E-state index in [0.717, 1.165) is 11.3 Å². The van der Waals surface area contributed by atoms with Crippen molar-refractivity contribution >= 4 is 22.5 Å². The fourth-order valence-electron chi connectivity index (χ4n) is 3.46. The summed E-state index contributed by atoms with van der Waals surface area (Å²) in [6.07, 6.45) is 0.594. The van der Waals surface area contributed by atoms with Crippen molar-refractivity contribution in [3.05, 3.63) is 87.4 Å². The van der Waals surface area contributed by atoms with Crippen LogP contribution in [0.25, 0.3) is 22.3 Å². The van der Waals surface area contributed by atoms with Gasteiger partial charge in [0.1, 0.15) is 11.6 Å². The number of fused-ring (bicyclic) bond motifs is 1. The van der Waals surface area contributed by atoms with Crippen LogP contribution in [0.15, 0.2) is 65.5 Å². The second-order valence-electron chi connectivity index (χ2n) is 7.00. The van der Waals surface area contributed by atoms with Crippen molar-refractivity contribution in [2.45, 2.75) is 13.0 Å². The van der Waals surface area contributed by atoms with Gasteiger partial charge in [0.05, 0.1) is 25.1 Å². The first kappa shape index (κ1) is 20.9. The van der Waals surface area contributed by atoms with E-state index in [0.29, 0.717) is 40.3 Å². The molecule has 31 heavy (non-hydrogen) atoms. The predicted molar refractivity (Wildman–Crippen MR) is 120 cm³/mol. The van der Waals surface area contributed by atoms with Gasteiger partial charge in [-0.1, -0.05) is 23.7 Å². The van der Waals surface area contributed by atoms with Crippen LogP contribution < -0.4 is 15.0 Å². The zero-order valence-electron chi connectivity index (χ0n) is 17.1. The zero-order valence-corrected chi connectivity index (χ0v) is 17.8. The summed E-state index contributed by atoms with van der Waals surface area (Å²) in [7, 11) is 3.01. The van der Waals surface area contributed by atoms with Crippen LogP contribution in [0.5, 0.6) is 11.5 Å². The Hall–Kier alpha value is -3.38. The summed E-state index contributed by atoms with van der Waals surface area (Å²) in [6, 6.07) is 17.1. The molecule has 0 radical (unpaired) electrons. The smallest absolute Gasteiger partial charge is 0.261 e. The molecule has 158 valence electrons. The molecule has 0 bridgehead atoms. The van der Waals surface area contributed by atoms with E-state index < -0.39 is 5.82 Å². The monoisotopic (exact) mass is 438 g/mol. The van der Waals surface area contributed by atoms with Crippen LogP contribution in [-0.2, 0) is 13.0 Å². The van der Waals surface area contributed by atoms with Gasteiger partial charge < -0.3 is 9.47 Å². The fraction of sp³-hybridized carbons (Fsp3) is 0.167. The van der Waals surface area contributed by atoms with Gasteiger partial charge in [0, 0.05) is 17.1 Å². The van der Waals surface area contributed by atoms with Crippen LogP contribution in [0.4, 0.5) is 4.39 Å². The lowest BCUT2D eigenvalue weighted by Crippen LogP contribution is -2.24. The molecule has 1 aromatic heterocycles. The van der Waals surface area contributed by atoms with E-state index in [1.165, 1.54) is 19.2 Å². The zero-order chi connectivity index (χ0) is 22.0. The summed E-state index contributed by atoms with van der Waals surface area (Å²) < 4.78 is 26.2. The normalized spacial score (nSPS) is 11.0. The van der Waals surface area contributed by atoms with Gasteiger partial charge in [0.2, 0.25) is 0 Å². The van der Waals surface area contributed by atoms with Gasteiger partial charge in [0.15, 0.2) is 11.6 Å². The molecule has 0 aliphatic rings. The van der Waals surface area contributed by atoms with Crippen LogP contribution in [0.3, 0.4) is 0 Å². The number of ether oxygens (including phenoxy) is 2. The molecule has 0 aliphatic heterocycles. The van der Waals surface area contributed by atoms with E-state index in [9.17, 15) is 9.18 Å². The molecular formula is C24H20ClFN2O3. The molecule has 7 heteroatoms. The van der Waals surface area contributed by atoms with Gasteiger partial charge in [-0.3, -0.25) is 9.36 Å². The highest BCUT2D eigenvalue weighted by molar-refractivity contribution is 6.31. The van der Waals surface area contributed by atoms with Gasteiger partial charge in [-0.15, -0.1) is 0 Å². The topological polar surface area (TPSA) is 53.4 Å². The molecule has 4 rings (SSSR count). The minimum absolute atomic E-state index is 0.125. The van der Waals surface area contributed by atoms with Gasteiger partial charge >= 0.3 is 0 Å². The summed E-state index contributed by atoms with van der Waals surface area (Å²) in [6.45, 7) is 0.375. The molecule has 0 aliphatic carbocycles. The summed E-state index contributed by atoms with van der Waals surface area (Å²) >= 11 is 6.10. The van der Waals surface area contributed by atoms with Crippen molar-refractivity contribution in [3.8, 4) is 22.9 Å². The van der Waals surface area contributed by atoms with Crippen LogP contribution >= 0.6 is 11.6 Å². The number of hydrogen-bond donors (Lipinski definition) is 0. The average Bonchev–Trinajstić information content (AvgIpc) is 2.78. The van der Waals surface area contributed by atoms with E-state index in [1.807, 2.05) is 24.3 Å². The third kappa shape index (κ3) is 4.25. The van der Waals surface area contributed by atoms with Gasteiger partial charge in [-0.25, -0.2) is 9.37 Å².